The highest BCUT2D eigenvalue weighted by molar-refractivity contribution is 5.82. The number of hydrogen-bond acceptors (Lipinski definition) is 6. The van der Waals surface area contributed by atoms with Crippen molar-refractivity contribution in [3.63, 3.8) is 0 Å². The molecule has 2 fully saturated rings. The van der Waals surface area contributed by atoms with Crippen LogP contribution in [0.1, 0.15) is 78.2 Å². The first-order chi connectivity index (χ1) is 19.0. The summed E-state index contributed by atoms with van der Waals surface area (Å²) in [5.41, 5.74) is 0.530. The minimum Gasteiger partial charge on any atom is -0.466 e. The molecule has 2 saturated heterocycles. The molecule has 0 radical (unpaired) electrons. The smallest absolute Gasteiger partial charge is 0.410 e. The SMILES string of the molecule is CCOC(=O)C[C@@H](Cc1ccccc1)NC(=O)[C@@H]1CCCN(C(=O)CCC2CCN(C(=O)OC(C)(C)C)CC2)C1. The van der Waals surface area contributed by atoms with Gasteiger partial charge in [-0.1, -0.05) is 30.3 Å². The van der Waals surface area contributed by atoms with Crippen molar-refractivity contribution in [3.8, 4) is 0 Å². The Morgan fingerprint density at radius 1 is 1.00 bits per heavy atom. The van der Waals surface area contributed by atoms with Crippen molar-refractivity contribution in [1.82, 2.24) is 15.1 Å². The number of hydrogen-bond donors (Lipinski definition) is 1. The van der Waals surface area contributed by atoms with E-state index in [0.29, 0.717) is 51.5 Å². The first-order valence-electron chi connectivity index (χ1n) is 14.8. The van der Waals surface area contributed by atoms with Gasteiger partial charge in [0.2, 0.25) is 11.8 Å². The van der Waals surface area contributed by atoms with Crippen molar-refractivity contribution in [2.75, 3.05) is 32.8 Å². The summed E-state index contributed by atoms with van der Waals surface area (Å²) in [6.45, 7) is 10.0. The first-order valence-corrected chi connectivity index (χ1v) is 14.8. The Hall–Kier alpha value is -3.10. The Morgan fingerprint density at radius 3 is 2.35 bits per heavy atom. The lowest BCUT2D eigenvalue weighted by Crippen LogP contribution is -2.48. The fourth-order valence-electron chi connectivity index (χ4n) is 5.45. The standard InChI is InChI=1S/C31H47N3O6/c1-5-39-28(36)21-26(20-24-10-7-6-8-11-24)32-29(37)25-12-9-17-34(22-25)27(35)14-13-23-15-18-33(19-16-23)30(38)40-31(2,3)4/h6-8,10-11,23,25-26H,5,9,12-22H2,1-4H3,(H,32,37)/t25-,26-/m1/s1. The van der Waals surface area contributed by atoms with E-state index in [9.17, 15) is 19.2 Å². The molecule has 2 heterocycles. The van der Waals surface area contributed by atoms with Gasteiger partial charge in [-0.25, -0.2) is 4.79 Å². The molecular weight excluding hydrogens is 510 g/mol. The summed E-state index contributed by atoms with van der Waals surface area (Å²) in [5, 5.41) is 3.07. The number of likely N-dealkylation sites (tertiary alicyclic amines) is 2. The van der Waals surface area contributed by atoms with Gasteiger partial charge in [0.15, 0.2) is 0 Å². The van der Waals surface area contributed by atoms with Crippen LogP contribution in [0.2, 0.25) is 0 Å². The van der Waals surface area contributed by atoms with Crippen LogP contribution in [-0.4, -0.2) is 78.1 Å². The number of carbonyl (C=O) groups is 4. The Bertz CT molecular complexity index is 985. The van der Waals surface area contributed by atoms with Crippen LogP contribution in [-0.2, 0) is 30.3 Å². The molecule has 9 nitrogen and oxygen atoms in total. The van der Waals surface area contributed by atoms with Crippen molar-refractivity contribution in [1.29, 1.82) is 0 Å². The second-order valence-corrected chi connectivity index (χ2v) is 12.0. The van der Waals surface area contributed by atoms with Gasteiger partial charge in [-0.05, 0) is 77.7 Å². The number of esters is 1. The molecule has 222 valence electrons. The summed E-state index contributed by atoms with van der Waals surface area (Å²) in [7, 11) is 0. The van der Waals surface area contributed by atoms with Gasteiger partial charge in [0, 0.05) is 38.6 Å². The van der Waals surface area contributed by atoms with E-state index < -0.39 is 5.60 Å². The molecule has 0 bridgehead atoms. The van der Waals surface area contributed by atoms with E-state index in [-0.39, 0.29) is 42.3 Å². The Balaban J connectivity index is 1.46. The van der Waals surface area contributed by atoms with Crippen LogP contribution >= 0.6 is 0 Å². The molecule has 3 amide bonds. The van der Waals surface area contributed by atoms with Crippen LogP contribution in [0.3, 0.4) is 0 Å². The van der Waals surface area contributed by atoms with E-state index in [2.05, 4.69) is 5.32 Å². The molecule has 2 aliphatic rings. The van der Waals surface area contributed by atoms with E-state index in [4.69, 9.17) is 9.47 Å². The third-order valence-corrected chi connectivity index (χ3v) is 7.57. The minimum absolute atomic E-state index is 0.0828. The third kappa shape index (κ3) is 10.5. The molecule has 1 aromatic rings. The largest absolute Gasteiger partial charge is 0.466 e. The molecule has 0 spiro atoms. The predicted molar refractivity (Wildman–Crippen MR) is 152 cm³/mol. The summed E-state index contributed by atoms with van der Waals surface area (Å²) in [5.74, 6) is -0.263. The lowest BCUT2D eigenvalue weighted by molar-refractivity contribution is -0.143. The molecule has 0 aromatic heterocycles. The maximum atomic E-state index is 13.2. The quantitative estimate of drug-likeness (QED) is 0.429. The summed E-state index contributed by atoms with van der Waals surface area (Å²) < 4.78 is 10.6. The molecule has 40 heavy (non-hydrogen) atoms. The molecule has 0 aliphatic carbocycles. The first kappa shape index (κ1) is 31.4. The predicted octanol–water partition coefficient (Wildman–Crippen LogP) is 4.33. The van der Waals surface area contributed by atoms with Gasteiger partial charge in [-0.3, -0.25) is 14.4 Å². The van der Waals surface area contributed by atoms with Gasteiger partial charge in [-0.2, -0.15) is 0 Å². The molecule has 2 aliphatic heterocycles. The topological polar surface area (TPSA) is 105 Å². The Labute approximate surface area is 238 Å². The van der Waals surface area contributed by atoms with E-state index in [1.165, 1.54) is 0 Å². The van der Waals surface area contributed by atoms with Gasteiger partial charge >= 0.3 is 12.1 Å². The highest BCUT2D eigenvalue weighted by Gasteiger charge is 2.31. The summed E-state index contributed by atoms with van der Waals surface area (Å²) in [6, 6.07) is 9.40. The number of nitrogens with zero attached hydrogens (tertiary/aromatic N) is 2. The van der Waals surface area contributed by atoms with Crippen molar-refractivity contribution in [3.05, 3.63) is 35.9 Å². The molecule has 2 atom stereocenters. The van der Waals surface area contributed by atoms with Crippen LogP contribution in [0, 0.1) is 11.8 Å². The van der Waals surface area contributed by atoms with Gasteiger partial charge < -0.3 is 24.6 Å². The third-order valence-electron chi connectivity index (χ3n) is 7.57. The van der Waals surface area contributed by atoms with Crippen LogP contribution in [0.5, 0.6) is 0 Å². The second-order valence-electron chi connectivity index (χ2n) is 12.0. The molecule has 0 saturated carbocycles. The molecule has 9 heteroatoms. The molecular formula is C31H47N3O6. The van der Waals surface area contributed by atoms with E-state index in [1.54, 1.807) is 11.8 Å². The van der Waals surface area contributed by atoms with Gasteiger partial charge in [-0.15, -0.1) is 0 Å². The zero-order valence-corrected chi connectivity index (χ0v) is 24.7. The number of amides is 3. The highest BCUT2D eigenvalue weighted by atomic mass is 16.6. The average Bonchev–Trinajstić information content (AvgIpc) is 2.91. The van der Waals surface area contributed by atoms with Gasteiger partial charge in [0.25, 0.3) is 0 Å². The van der Waals surface area contributed by atoms with Crippen LogP contribution in [0.4, 0.5) is 4.79 Å². The minimum atomic E-state index is -0.507. The fraction of sp³-hybridized carbons (Fsp3) is 0.677. The van der Waals surface area contributed by atoms with Crippen molar-refractivity contribution >= 4 is 23.9 Å². The second kappa shape index (κ2) is 15.1. The van der Waals surface area contributed by atoms with E-state index in [0.717, 1.165) is 37.7 Å². The van der Waals surface area contributed by atoms with Crippen molar-refractivity contribution in [2.45, 2.75) is 90.7 Å². The normalized spacial score (nSPS) is 19.1. The number of nitrogens with one attached hydrogen (secondary N) is 1. The highest BCUT2D eigenvalue weighted by Crippen LogP contribution is 2.25. The Morgan fingerprint density at radius 2 is 1.70 bits per heavy atom. The number of ether oxygens (including phenoxy) is 2. The molecule has 0 unspecified atom stereocenters. The van der Waals surface area contributed by atoms with Crippen LogP contribution in [0.15, 0.2) is 30.3 Å². The number of piperidine rings is 2. The molecule has 3 rings (SSSR count). The maximum absolute atomic E-state index is 13.2. The van der Waals surface area contributed by atoms with Crippen molar-refractivity contribution < 1.29 is 28.7 Å². The van der Waals surface area contributed by atoms with Gasteiger partial charge in [0.05, 0.1) is 18.9 Å². The number of benzene rings is 1. The van der Waals surface area contributed by atoms with E-state index in [1.807, 2.05) is 56.0 Å². The zero-order valence-electron chi connectivity index (χ0n) is 24.7. The van der Waals surface area contributed by atoms with E-state index >= 15 is 0 Å². The molecule has 1 N–H and O–H groups in total. The molecule has 1 aromatic carbocycles. The number of carbonyl (C=O) groups excluding carboxylic acids is 4. The van der Waals surface area contributed by atoms with Crippen LogP contribution < -0.4 is 5.32 Å². The monoisotopic (exact) mass is 557 g/mol. The number of rotatable bonds is 10. The summed E-state index contributed by atoms with van der Waals surface area (Å²) in [6.07, 6.45) is 4.83. The lowest BCUT2D eigenvalue weighted by Gasteiger charge is -2.35. The zero-order chi connectivity index (χ0) is 29.1. The van der Waals surface area contributed by atoms with Crippen LogP contribution in [0.25, 0.3) is 0 Å². The van der Waals surface area contributed by atoms with Gasteiger partial charge in [0.1, 0.15) is 5.60 Å². The maximum Gasteiger partial charge on any atom is 0.410 e. The average molecular weight is 558 g/mol. The Kier molecular flexibility index (Phi) is 11.8. The fourth-order valence-corrected chi connectivity index (χ4v) is 5.45. The van der Waals surface area contributed by atoms with Crippen molar-refractivity contribution in [2.24, 2.45) is 11.8 Å². The summed E-state index contributed by atoms with van der Waals surface area (Å²) >= 11 is 0. The summed E-state index contributed by atoms with van der Waals surface area (Å²) in [4.78, 5) is 54.4. The lowest BCUT2D eigenvalue weighted by atomic mass is 9.91.